The van der Waals surface area contributed by atoms with Crippen molar-refractivity contribution in [3.05, 3.63) is 0 Å². The van der Waals surface area contributed by atoms with Crippen LogP contribution in [0.25, 0.3) is 0 Å². The van der Waals surface area contributed by atoms with Gasteiger partial charge in [0.05, 0.1) is 0 Å². The molecule has 0 spiro atoms. The van der Waals surface area contributed by atoms with Gasteiger partial charge in [-0.05, 0) is 31.7 Å². The highest BCUT2D eigenvalue weighted by Crippen LogP contribution is 2.14. The Morgan fingerprint density at radius 2 is 2.33 bits per heavy atom. The van der Waals surface area contributed by atoms with E-state index in [9.17, 15) is 9.59 Å². The number of carbonyl (C=O) groups is 2. The van der Waals surface area contributed by atoms with Crippen molar-refractivity contribution in [2.45, 2.75) is 51.5 Å². The highest BCUT2D eigenvalue weighted by Gasteiger charge is 2.20. The topological polar surface area (TPSA) is 84.2 Å². The van der Waals surface area contributed by atoms with Crippen LogP contribution in [0.5, 0.6) is 0 Å². The van der Waals surface area contributed by atoms with Gasteiger partial charge in [0.15, 0.2) is 0 Å². The van der Waals surface area contributed by atoms with E-state index in [4.69, 9.17) is 5.73 Å². The smallest absolute Gasteiger partial charge is 0.220 e. The Morgan fingerprint density at radius 1 is 1.56 bits per heavy atom. The minimum Gasteiger partial charge on any atom is -0.354 e. The van der Waals surface area contributed by atoms with E-state index in [1.807, 2.05) is 0 Å². The number of carbonyl (C=O) groups excluding carboxylic acids is 2. The summed E-state index contributed by atoms with van der Waals surface area (Å²) in [5, 5.41) is 5.72. The van der Waals surface area contributed by atoms with Gasteiger partial charge in [0.25, 0.3) is 0 Å². The number of hydrogen-bond acceptors (Lipinski definition) is 3. The molecule has 1 saturated heterocycles. The van der Waals surface area contributed by atoms with E-state index in [2.05, 4.69) is 17.6 Å². The summed E-state index contributed by atoms with van der Waals surface area (Å²) in [5.41, 5.74) is 5.53. The van der Waals surface area contributed by atoms with Crippen LogP contribution in [-0.2, 0) is 9.59 Å². The number of rotatable bonds is 8. The molecule has 0 aromatic carbocycles. The zero-order valence-electron chi connectivity index (χ0n) is 11.2. The Balaban J connectivity index is 2.11. The standard InChI is InChI=1S/C13H25N3O2/c1-2-10(7-8-14)3-5-12(17)15-9-11-4-6-13(18)16-11/h10-11H,2-9,14H2,1H3,(H,15,17)(H,16,18). The zero-order valence-corrected chi connectivity index (χ0v) is 11.2. The molecule has 104 valence electrons. The van der Waals surface area contributed by atoms with E-state index < -0.39 is 0 Å². The molecule has 18 heavy (non-hydrogen) atoms. The third-order valence-electron chi connectivity index (χ3n) is 3.56. The maximum Gasteiger partial charge on any atom is 0.220 e. The van der Waals surface area contributed by atoms with Crippen molar-refractivity contribution in [2.24, 2.45) is 11.7 Å². The van der Waals surface area contributed by atoms with Gasteiger partial charge < -0.3 is 16.4 Å². The van der Waals surface area contributed by atoms with Gasteiger partial charge in [-0.25, -0.2) is 0 Å². The molecule has 0 aliphatic carbocycles. The minimum absolute atomic E-state index is 0.0756. The molecule has 1 rings (SSSR count). The number of nitrogens with two attached hydrogens (primary N) is 1. The normalized spacial score (nSPS) is 20.6. The molecule has 1 aliphatic rings. The lowest BCUT2D eigenvalue weighted by Crippen LogP contribution is -2.38. The summed E-state index contributed by atoms with van der Waals surface area (Å²) < 4.78 is 0. The molecular weight excluding hydrogens is 230 g/mol. The summed E-state index contributed by atoms with van der Waals surface area (Å²) in [7, 11) is 0. The number of amides is 2. The Kier molecular flexibility index (Phi) is 6.72. The Bertz CT molecular complexity index is 281. The molecule has 5 heteroatoms. The van der Waals surface area contributed by atoms with Gasteiger partial charge >= 0.3 is 0 Å². The molecule has 4 N–H and O–H groups in total. The van der Waals surface area contributed by atoms with Crippen LogP contribution in [0.3, 0.4) is 0 Å². The maximum absolute atomic E-state index is 11.7. The van der Waals surface area contributed by atoms with Gasteiger partial charge in [-0.1, -0.05) is 13.3 Å². The van der Waals surface area contributed by atoms with E-state index >= 15 is 0 Å². The average Bonchev–Trinajstić information content (AvgIpc) is 2.77. The van der Waals surface area contributed by atoms with E-state index in [0.29, 0.717) is 31.8 Å². The fraction of sp³-hybridized carbons (Fsp3) is 0.846. The van der Waals surface area contributed by atoms with Gasteiger partial charge in [0.2, 0.25) is 11.8 Å². The summed E-state index contributed by atoms with van der Waals surface area (Å²) in [4.78, 5) is 22.6. The lowest BCUT2D eigenvalue weighted by Gasteiger charge is -2.14. The molecule has 0 aromatic heterocycles. The van der Waals surface area contributed by atoms with Crippen molar-refractivity contribution in [2.75, 3.05) is 13.1 Å². The Morgan fingerprint density at radius 3 is 2.89 bits per heavy atom. The van der Waals surface area contributed by atoms with Gasteiger partial charge in [-0.15, -0.1) is 0 Å². The quantitative estimate of drug-likeness (QED) is 0.592. The minimum atomic E-state index is 0.0756. The van der Waals surface area contributed by atoms with Crippen LogP contribution < -0.4 is 16.4 Å². The van der Waals surface area contributed by atoms with Crippen molar-refractivity contribution < 1.29 is 9.59 Å². The van der Waals surface area contributed by atoms with Crippen LogP contribution >= 0.6 is 0 Å². The Labute approximate surface area is 109 Å². The van der Waals surface area contributed by atoms with Crippen LogP contribution in [0.2, 0.25) is 0 Å². The molecule has 0 bridgehead atoms. The van der Waals surface area contributed by atoms with Gasteiger partial charge in [0, 0.05) is 25.4 Å². The number of nitrogens with one attached hydrogen (secondary N) is 2. The molecule has 1 aliphatic heterocycles. The van der Waals surface area contributed by atoms with Gasteiger partial charge in [-0.3, -0.25) is 9.59 Å². The average molecular weight is 255 g/mol. The highest BCUT2D eigenvalue weighted by atomic mass is 16.2. The molecule has 0 aromatic rings. The fourth-order valence-electron chi connectivity index (χ4n) is 2.28. The fourth-order valence-corrected chi connectivity index (χ4v) is 2.28. The zero-order chi connectivity index (χ0) is 13.4. The van der Waals surface area contributed by atoms with Crippen molar-refractivity contribution in [3.63, 3.8) is 0 Å². The van der Waals surface area contributed by atoms with E-state index in [1.165, 1.54) is 0 Å². The lowest BCUT2D eigenvalue weighted by atomic mass is 9.96. The second-order valence-electron chi connectivity index (χ2n) is 5.00. The van der Waals surface area contributed by atoms with Crippen molar-refractivity contribution in [1.29, 1.82) is 0 Å². The summed E-state index contributed by atoms with van der Waals surface area (Å²) in [6.45, 7) is 3.37. The first-order chi connectivity index (χ1) is 8.65. The third kappa shape index (κ3) is 5.49. The summed E-state index contributed by atoms with van der Waals surface area (Å²) >= 11 is 0. The maximum atomic E-state index is 11.7. The molecule has 0 radical (unpaired) electrons. The summed E-state index contributed by atoms with van der Waals surface area (Å²) in [6, 6.07) is 0.118. The first-order valence-electron chi connectivity index (χ1n) is 6.91. The van der Waals surface area contributed by atoms with Crippen LogP contribution in [0.15, 0.2) is 0 Å². The number of hydrogen-bond donors (Lipinski definition) is 3. The summed E-state index contributed by atoms with van der Waals surface area (Å²) in [5.74, 6) is 0.710. The Hall–Kier alpha value is -1.10. The SMILES string of the molecule is CCC(CCN)CCC(=O)NCC1CCC(=O)N1. The van der Waals surface area contributed by atoms with Crippen LogP contribution in [0, 0.1) is 5.92 Å². The molecule has 5 nitrogen and oxygen atoms in total. The summed E-state index contributed by atoms with van der Waals surface area (Å²) in [6.07, 6.45) is 4.92. The first-order valence-corrected chi connectivity index (χ1v) is 6.91. The van der Waals surface area contributed by atoms with Crippen LogP contribution in [0.1, 0.15) is 45.4 Å². The van der Waals surface area contributed by atoms with Crippen molar-refractivity contribution >= 4 is 11.8 Å². The first kappa shape index (κ1) is 15.0. The van der Waals surface area contributed by atoms with Crippen molar-refractivity contribution in [3.8, 4) is 0 Å². The molecule has 2 atom stereocenters. The highest BCUT2D eigenvalue weighted by molar-refractivity contribution is 5.79. The van der Waals surface area contributed by atoms with Gasteiger partial charge in [-0.2, -0.15) is 0 Å². The molecular formula is C13H25N3O2. The monoisotopic (exact) mass is 255 g/mol. The third-order valence-corrected chi connectivity index (χ3v) is 3.56. The van der Waals surface area contributed by atoms with Gasteiger partial charge in [0.1, 0.15) is 0 Å². The van der Waals surface area contributed by atoms with Crippen molar-refractivity contribution in [1.82, 2.24) is 10.6 Å². The lowest BCUT2D eigenvalue weighted by molar-refractivity contribution is -0.122. The van der Waals surface area contributed by atoms with E-state index in [0.717, 1.165) is 25.7 Å². The predicted octanol–water partition coefficient (Wildman–Crippen LogP) is 0.536. The van der Waals surface area contributed by atoms with E-state index in [-0.39, 0.29) is 17.9 Å². The van der Waals surface area contributed by atoms with Crippen LogP contribution in [-0.4, -0.2) is 30.9 Å². The molecule has 2 unspecified atom stereocenters. The van der Waals surface area contributed by atoms with Crippen LogP contribution in [0.4, 0.5) is 0 Å². The molecule has 1 heterocycles. The second kappa shape index (κ2) is 8.08. The molecule has 2 amide bonds. The molecule has 1 fully saturated rings. The largest absolute Gasteiger partial charge is 0.354 e. The second-order valence-corrected chi connectivity index (χ2v) is 5.00. The van der Waals surface area contributed by atoms with E-state index in [1.54, 1.807) is 0 Å². The predicted molar refractivity (Wildman–Crippen MR) is 70.9 cm³/mol. The molecule has 0 saturated carbocycles.